The molecule has 0 atom stereocenters. The van der Waals surface area contributed by atoms with Crippen LogP contribution < -0.4 is 5.32 Å². The minimum Gasteiger partial charge on any atom is -0.316 e. The number of hydrogen-bond acceptors (Lipinski definition) is 3. The second-order valence-electron chi connectivity index (χ2n) is 3.21. The van der Waals surface area contributed by atoms with Gasteiger partial charge in [-0.15, -0.1) is 0 Å². The summed E-state index contributed by atoms with van der Waals surface area (Å²) in [6.07, 6.45) is 1.03. The number of hydrogen-bond donors (Lipinski definition) is 1. The Morgan fingerprint density at radius 2 is 1.92 bits per heavy atom. The van der Waals surface area contributed by atoms with Crippen LogP contribution in [-0.2, 0) is 9.84 Å². The maximum Gasteiger partial charge on any atom is 0.153 e. The Morgan fingerprint density at radius 1 is 1.31 bits per heavy atom. The van der Waals surface area contributed by atoms with Gasteiger partial charge >= 0.3 is 0 Å². The monoisotopic (exact) mass is 271 g/mol. The van der Waals surface area contributed by atoms with E-state index in [0.717, 1.165) is 18.3 Å². The van der Waals surface area contributed by atoms with Gasteiger partial charge in [0.1, 0.15) is 0 Å². The maximum atomic E-state index is 11.3. The summed E-state index contributed by atoms with van der Waals surface area (Å²) in [5, 5.41) is 3.78. The van der Waals surface area contributed by atoms with Crippen molar-refractivity contribution in [3.05, 3.63) is 0 Å². The summed E-state index contributed by atoms with van der Waals surface area (Å²) in [6, 6.07) is 0. The Balaban J connectivity index is 3.53. The van der Waals surface area contributed by atoms with E-state index in [1.807, 2.05) is 0 Å². The summed E-state index contributed by atoms with van der Waals surface area (Å²) in [6.45, 7) is 4.87. The lowest BCUT2D eigenvalue weighted by molar-refractivity contribution is 0.582. The first-order valence-electron chi connectivity index (χ1n) is 4.49. The van der Waals surface area contributed by atoms with Gasteiger partial charge < -0.3 is 5.32 Å². The molecule has 0 bridgehead atoms. The van der Waals surface area contributed by atoms with Crippen molar-refractivity contribution < 1.29 is 8.42 Å². The zero-order valence-corrected chi connectivity index (χ0v) is 10.6. The van der Waals surface area contributed by atoms with E-state index in [2.05, 4.69) is 21.2 Å². The van der Waals surface area contributed by atoms with Crippen LogP contribution in [0.1, 0.15) is 20.3 Å². The van der Waals surface area contributed by atoms with Crippen LogP contribution in [0.25, 0.3) is 0 Å². The Bertz CT molecular complexity index is 214. The predicted molar refractivity (Wildman–Crippen MR) is 60.2 cm³/mol. The van der Waals surface area contributed by atoms with Crippen LogP contribution in [0.4, 0.5) is 0 Å². The smallest absolute Gasteiger partial charge is 0.153 e. The van der Waals surface area contributed by atoms with Crippen molar-refractivity contribution in [3.63, 3.8) is 0 Å². The molecular weight excluding hydrogens is 254 g/mol. The molecule has 13 heavy (non-hydrogen) atoms. The molecule has 0 fully saturated rings. The van der Waals surface area contributed by atoms with E-state index in [1.54, 1.807) is 13.8 Å². The Kier molecular flexibility index (Phi) is 6.99. The molecule has 0 saturated carbocycles. The van der Waals surface area contributed by atoms with E-state index >= 15 is 0 Å². The van der Waals surface area contributed by atoms with Crippen LogP contribution in [-0.4, -0.2) is 37.8 Å². The third kappa shape index (κ3) is 6.46. The van der Waals surface area contributed by atoms with Gasteiger partial charge in [0.2, 0.25) is 0 Å². The van der Waals surface area contributed by atoms with Crippen molar-refractivity contribution in [3.8, 4) is 0 Å². The van der Waals surface area contributed by atoms with Crippen molar-refractivity contribution in [1.29, 1.82) is 0 Å². The van der Waals surface area contributed by atoms with Gasteiger partial charge in [0.05, 0.1) is 11.0 Å². The lowest BCUT2D eigenvalue weighted by atomic mass is 10.5. The SMILES string of the molecule is CC(C)S(=O)(=O)CCNCCCBr. The van der Waals surface area contributed by atoms with E-state index in [-0.39, 0.29) is 11.0 Å². The van der Waals surface area contributed by atoms with Crippen LogP contribution in [0.5, 0.6) is 0 Å². The third-order valence-electron chi connectivity index (χ3n) is 1.77. The largest absolute Gasteiger partial charge is 0.316 e. The molecule has 0 unspecified atom stereocenters. The fourth-order valence-corrected chi connectivity index (χ4v) is 1.95. The van der Waals surface area contributed by atoms with Crippen LogP contribution in [0.3, 0.4) is 0 Å². The zero-order chi connectivity index (χ0) is 10.3. The standard InChI is InChI=1S/C8H18BrNO2S/c1-8(2)13(11,12)7-6-10-5-3-4-9/h8,10H,3-7H2,1-2H3. The van der Waals surface area contributed by atoms with E-state index in [9.17, 15) is 8.42 Å². The first-order valence-corrected chi connectivity index (χ1v) is 7.32. The predicted octanol–water partition coefficient (Wildman–Crippen LogP) is 1.18. The van der Waals surface area contributed by atoms with Gasteiger partial charge in [-0.1, -0.05) is 15.9 Å². The van der Waals surface area contributed by atoms with E-state index < -0.39 is 9.84 Å². The highest BCUT2D eigenvalue weighted by Gasteiger charge is 2.14. The maximum absolute atomic E-state index is 11.3. The molecule has 0 aromatic rings. The molecule has 0 spiro atoms. The van der Waals surface area contributed by atoms with Gasteiger partial charge in [-0.3, -0.25) is 0 Å². The van der Waals surface area contributed by atoms with Crippen molar-refractivity contribution in [1.82, 2.24) is 5.32 Å². The number of sulfone groups is 1. The van der Waals surface area contributed by atoms with E-state index in [0.29, 0.717) is 6.54 Å². The third-order valence-corrected chi connectivity index (χ3v) is 4.54. The van der Waals surface area contributed by atoms with Crippen LogP contribution >= 0.6 is 15.9 Å². The summed E-state index contributed by atoms with van der Waals surface area (Å²) in [4.78, 5) is 0. The molecule has 0 aliphatic rings. The number of halogens is 1. The van der Waals surface area contributed by atoms with Crippen LogP contribution in [0, 0.1) is 0 Å². The Morgan fingerprint density at radius 3 is 2.38 bits per heavy atom. The second-order valence-corrected chi connectivity index (χ2v) is 6.68. The molecule has 0 rings (SSSR count). The van der Waals surface area contributed by atoms with Crippen molar-refractivity contribution in [2.45, 2.75) is 25.5 Å². The summed E-state index contributed by atoms with van der Waals surface area (Å²) < 4.78 is 22.6. The average molecular weight is 272 g/mol. The molecule has 0 aliphatic heterocycles. The van der Waals surface area contributed by atoms with Gasteiger partial charge in [0, 0.05) is 11.9 Å². The van der Waals surface area contributed by atoms with Gasteiger partial charge in [0.25, 0.3) is 0 Å². The summed E-state index contributed by atoms with van der Waals surface area (Å²) >= 11 is 3.31. The number of rotatable bonds is 7. The highest BCUT2D eigenvalue weighted by atomic mass is 79.9. The topological polar surface area (TPSA) is 46.2 Å². The van der Waals surface area contributed by atoms with Crippen LogP contribution in [0.15, 0.2) is 0 Å². The molecule has 0 heterocycles. The molecule has 1 N–H and O–H groups in total. The zero-order valence-electron chi connectivity index (χ0n) is 8.22. The fourth-order valence-electron chi connectivity index (χ4n) is 0.767. The first-order chi connectivity index (χ1) is 6.00. The van der Waals surface area contributed by atoms with E-state index in [4.69, 9.17) is 0 Å². The lowest BCUT2D eigenvalue weighted by Crippen LogP contribution is -2.27. The molecule has 0 aromatic heterocycles. The van der Waals surface area contributed by atoms with Crippen LogP contribution in [0.2, 0.25) is 0 Å². The number of alkyl halides is 1. The minimum atomic E-state index is -2.86. The molecular formula is C8H18BrNO2S. The normalized spacial score (nSPS) is 12.3. The van der Waals surface area contributed by atoms with Crippen molar-refractivity contribution in [2.75, 3.05) is 24.2 Å². The molecule has 0 aliphatic carbocycles. The van der Waals surface area contributed by atoms with Crippen molar-refractivity contribution in [2.24, 2.45) is 0 Å². The molecule has 80 valence electrons. The first kappa shape index (κ1) is 13.4. The Hall–Kier alpha value is 0.390. The molecule has 0 amide bonds. The van der Waals surface area contributed by atoms with Gasteiger partial charge in [0.15, 0.2) is 9.84 Å². The van der Waals surface area contributed by atoms with Gasteiger partial charge in [-0.05, 0) is 26.8 Å². The Labute approximate surface area is 89.3 Å². The second kappa shape index (κ2) is 6.79. The quantitative estimate of drug-likeness (QED) is 0.559. The van der Waals surface area contributed by atoms with Crippen molar-refractivity contribution >= 4 is 25.8 Å². The summed E-state index contributed by atoms with van der Waals surface area (Å²) in [5.41, 5.74) is 0. The van der Waals surface area contributed by atoms with Gasteiger partial charge in [-0.25, -0.2) is 8.42 Å². The summed E-state index contributed by atoms with van der Waals surface area (Å²) in [5.74, 6) is 0.243. The molecule has 0 radical (unpaired) electrons. The molecule has 3 nitrogen and oxygen atoms in total. The minimum absolute atomic E-state index is 0.243. The lowest BCUT2D eigenvalue weighted by Gasteiger charge is -2.07. The number of nitrogens with one attached hydrogen (secondary N) is 1. The fraction of sp³-hybridized carbons (Fsp3) is 1.00. The molecule has 0 aromatic carbocycles. The highest BCUT2D eigenvalue weighted by Crippen LogP contribution is 1.98. The highest BCUT2D eigenvalue weighted by molar-refractivity contribution is 9.09. The molecule has 0 saturated heterocycles. The average Bonchev–Trinajstić information content (AvgIpc) is 2.03. The van der Waals surface area contributed by atoms with Gasteiger partial charge in [-0.2, -0.15) is 0 Å². The molecule has 5 heteroatoms. The van der Waals surface area contributed by atoms with E-state index in [1.165, 1.54) is 0 Å². The summed E-state index contributed by atoms with van der Waals surface area (Å²) in [7, 11) is -2.86.